The van der Waals surface area contributed by atoms with Crippen molar-refractivity contribution in [2.24, 2.45) is 0 Å². The first kappa shape index (κ1) is 18.6. The van der Waals surface area contributed by atoms with Crippen LogP contribution in [0.15, 0.2) is 12.1 Å². The number of aliphatic hydroxyl groups excluding tert-OH is 1. The van der Waals surface area contributed by atoms with E-state index in [-0.39, 0.29) is 0 Å². The third kappa shape index (κ3) is 9.25. The van der Waals surface area contributed by atoms with Gasteiger partial charge >= 0.3 is 0 Å². The Kier molecular flexibility index (Phi) is 9.92. The monoisotopic (exact) mass is 313 g/mol. The van der Waals surface area contributed by atoms with Crippen LogP contribution in [0.4, 0.5) is 0 Å². The molecule has 21 heavy (non-hydrogen) atoms. The van der Waals surface area contributed by atoms with Crippen molar-refractivity contribution in [3.63, 3.8) is 0 Å². The second kappa shape index (κ2) is 11.2. The van der Waals surface area contributed by atoms with Crippen molar-refractivity contribution in [3.05, 3.63) is 21.9 Å². The van der Waals surface area contributed by atoms with Crippen molar-refractivity contribution in [1.82, 2.24) is 5.32 Å². The van der Waals surface area contributed by atoms with Crippen LogP contribution in [0.25, 0.3) is 0 Å². The standard InChI is InChI=1S/C17H31NO2S/c1-4-5-6-7-10-20-13-16(19)12-18-14(2)11-17-9-8-15(3)21-17/h8-9,14,16,18-19H,4-7,10-13H2,1-3H3. The fourth-order valence-corrected chi connectivity index (χ4v) is 3.23. The van der Waals surface area contributed by atoms with E-state index in [9.17, 15) is 5.11 Å². The first-order valence-corrected chi connectivity index (χ1v) is 8.98. The van der Waals surface area contributed by atoms with Crippen molar-refractivity contribution in [1.29, 1.82) is 0 Å². The largest absolute Gasteiger partial charge is 0.389 e. The number of thiophene rings is 1. The van der Waals surface area contributed by atoms with E-state index in [0.717, 1.165) is 19.4 Å². The summed E-state index contributed by atoms with van der Waals surface area (Å²) in [5.74, 6) is 0. The second-order valence-electron chi connectivity index (χ2n) is 5.82. The summed E-state index contributed by atoms with van der Waals surface area (Å²) in [5.41, 5.74) is 0. The lowest BCUT2D eigenvalue weighted by Gasteiger charge is -2.16. The highest BCUT2D eigenvalue weighted by atomic mass is 32.1. The summed E-state index contributed by atoms with van der Waals surface area (Å²) >= 11 is 1.85. The van der Waals surface area contributed by atoms with Crippen LogP contribution in [0.2, 0.25) is 0 Å². The lowest BCUT2D eigenvalue weighted by Crippen LogP contribution is -2.37. The molecular weight excluding hydrogens is 282 g/mol. The number of aliphatic hydroxyl groups is 1. The van der Waals surface area contributed by atoms with E-state index in [1.165, 1.54) is 29.0 Å². The third-order valence-corrected chi connectivity index (χ3v) is 4.48. The fraction of sp³-hybridized carbons (Fsp3) is 0.765. The Hall–Kier alpha value is -0.420. The molecule has 0 aliphatic heterocycles. The second-order valence-corrected chi connectivity index (χ2v) is 7.19. The molecule has 2 atom stereocenters. The molecule has 4 heteroatoms. The van der Waals surface area contributed by atoms with Gasteiger partial charge in [-0.2, -0.15) is 0 Å². The molecule has 122 valence electrons. The maximum absolute atomic E-state index is 9.89. The van der Waals surface area contributed by atoms with Gasteiger partial charge in [0, 0.05) is 28.9 Å². The van der Waals surface area contributed by atoms with Crippen LogP contribution in [-0.4, -0.2) is 37.0 Å². The molecule has 0 aromatic carbocycles. The van der Waals surface area contributed by atoms with Gasteiger partial charge in [-0.05, 0) is 38.8 Å². The molecule has 0 saturated heterocycles. The van der Waals surface area contributed by atoms with E-state index < -0.39 is 6.10 Å². The van der Waals surface area contributed by atoms with Gasteiger partial charge in [0.2, 0.25) is 0 Å². The van der Waals surface area contributed by atoms with Crippen molar-refractivity contribution < 1.29 is 9.84 Å². The van der Waals surface area contributed by atoms with Crippen LogP contribution in [0.3, 0.4) is 0 Å². The zero-order valence-corrected chi connectivity index (χ0v) is 14.5. The van der Waals surface area contributed by atoms with Crippen LogP contribution in [0.5, 0.6) is 0 Å². The van der Waals surface area contributed by atoms with Gasteiger partial charge in [-0.1, -0.05) is 26.2 Å². The number of rotatable bonds is 12. The predicted molar refractivity (Wildman–Crippen MR) is 91.2 cm³/mol. The minimum Gasteiger partial charge on any atom is -0.389 e. The first-order chi connectivity index (χ1) is 10.1. The summed E-state index contributed by atoms with van der Waals surface area (Å²) in [4.78, 5) is 2.75. The molecule has 2 N–H and O–H groups in total. The van der Waals surface area contributed by atoms with Crippen molar-refractivity contribution in [2.75, 3.05) is 19.8 Å². The Morgan fingerprint density at radius 3 is 2.76 bits per heavy atom. The van der Waals surface area contributed by atoms with Gasteiger partial charge < -0.3 is 15.2 Å². The highest BCUT2D eigenvalue weighted by molar-refractivity contribution is 7.11. The number of unbranched alkanes of at least 4 members (excludes halogenated alkanes) is 3. The van der Waals surface area contributed by atoms with Crippen molar-refractivity contribution >= 4 is 11.3 Å². The summed E-state index contributed by atoms with van der Waals surface area (Å²) in [6, 6.07) is 4.73. The number of nitrogens with one attached hydrogen (secondary N) is 1. The summed E-state index contributed by atoms with van der Waals surface area (Å²) in [6.45, 7) is 8.29. The van der Waals surface area contributed by atoms with E-state index in [2.05, 4.69) is 38.2 Å². The van der Waals surface area contributed by atoms with Crippen LogP contribution in [0, 0.1) is 6.92 Å². The average molecular weight is 314 g/mol. The molecule has 0 amide bonds. The smallest absolute Gasteiger partial charge is 0.0897 e. The lowest BCUT2D eigenvalue weighted by molar-refractivity contribution is 0.0344. The third-order valence-electron chi connectivity index (χ3n) is 3.46. The molecule has 3 nitrogen and oxygen atoms in total. The average Bonchev–Trinajstić information content (AvgIpc) is 2.85. The summed E-state index contributed by atoms with van der Waals surface area (Å²) in [6.07, 6.45) is 5.44. The van der Waals surface area contributed by atoms with Crippen LogP contribution in [-0.2, 0) is 11.2 Å². The van der Waals surface area contributed by atoms with Crippen LogP contribution >= 0.6 is 11.3 Å². The molecule has 2 unspecified atom stereocenters. The Bertz CT molecular complexity index is 367. The predicted octanol–water partition coefficient (Wildman–Crippen LogP) is 3.53. The maximum atomic E-state index is 9.89. The van der Waals surface area contributed by atoms with Crippen molar-refractivity contribution in [3.8, 4) is 0 Å². The normalized spacial score (nSPS) is 14.3. The molecule has 0 saturated carbocycles. The Morgan fingerprint density at radius 1 is 1.29 bits per heavy atom. The molecule has 1 heterocycles. The van der Waals surface area contributed by atoms with E-state index in [4.69, 9.17) is 4.74 Å². The summed E-state index contributed by atoms with van der Waals surface area (Å²) in [7, 11) is 0. The topological polar surface area (TPSA) is 41.5 Å². The van der Waals surface area contributed by atoms with Crippen LogP contribution < -0.4 is 5.32 Å². The molecule has 1 rings (SSSR count). The van der Waals surface area contributed by atoms with Gasteiger partial charge in [0.1, 0.15) is 0 Å². The summed E-state index contributed by atoms with van der Waals surface area (Å²) < 4.78 is 5.51. The van der Waals surface area contributed by atoms with Crippen molar-refractivity contribution in [2.45, 2.75) is 65.0 Å². The number of aryl methyl sites for hydroxylation is 1. The zero-order chi connectivity index (χ0) is 15.5. The molecule has 0 aliphatic carbocycles. The molecule has 0 radical (unpaired) electrons. The molecule has 0 aliphatic rings. The minimum atomic E-state index is -0.413. The van der Waals surface area contributed by atoms with E-state index >= 15 is 0 Å². The Balaban J connectivity index is 2.02. The SMILES string of the molecule is CCCCCCOCC(O)CNC(C)Cc1ccc(C)s1. The maximum Gasteiger partial charge on any atom is 0.0897 e. The Morgan fingerprint density at radius 2 is 2.10 bits per heavy atom. The number of hydrogen-bond acceptors (Lipinski definition) is 4. The molecule has 1 aromatic heterocycles. The molecular formula is C17H31NO2S. The van der Waals surface area contributed by atoms with Gasteiger partial charge in [-0.3, -0.25) is 0 Å². The number of ether oxygens (including phenoxy) is 1. The molecule has 1 aromatic rings. The van der Waals surface area contributed by atoms with Gasteiger partial charge in [-0.15, -0.1) is 11.3 Å². The molecule has 0 spiro atoms. The fourth-order valence-electron chi connectivity index (χ4n) is 2.22. The Labute approximate surface area is 133 Å². The first-order valence-electron chi connectivity index (χ1n) is 8.16. The van der Waals surface area contributed by atoms with Crippen LogP contribution in [0.1, 0.15) is 49.3 Å². The molecule has 0 fully saturated rings. The summed E-state index contributed by atoms with van der Waals surface area (Å²) in [5, 5.41) is 13.3. The van der Waals surface area contributed by atoms with E-state index in [1.807, 2.05) is 11.3 Å². The van der Waals surface area contributed by atoms with Gasteiger partial charge in [-0.25, -0.2) is 0 Å². The molecule has 0 bridgehead atoms. The zero-order valence-electron chi connectivity index (χ0n) is 13.7. The number of hydrogen-bond donors (Lipinski definition) is 2. The highest BCUT2D eigenvalue weighted by Crippen LogP contribution is 2.16. The quantitative estimate of drug-likeness (QED) is 0.580. The van der Waals surface area contributed by atoms with E-state index in [1.54, 1.807) is 0 Å². The highest BCUT2D eigenvalue weighted by Gasteiger charge is 2.09. The minimum absolute atomic E-state index is 0.377. The lowest BCUT2D eigenvalue weighted by atomic mass is 10.2. The van der Waals surface area contributed by atoms with E-state index in [0.29, 0.717) is 19.2 Å². The van der Waals surface area contributed by atoms with Gasteiger partial charge in [0.15, 0.2) is 0 Å². The van der Waals surface area contributed by atoms with Gasteiger partial charge in [0.05, 0.1) is 12.7 Å². The van der Waals surface area contributed by atoms with Gasteiger partial charge in [0.25, 0.3) is 0 Å².